The second-order valence-electron chi connectivity index (χ2n) is 9.20. The minimum Gasteiger partial charge on any atom is -0.345 e. The van der Waals surface area contributed by atoms with Crippen LogP contribution in [0.4, 0.5) is 0 Å². The molecule has 10 heteroatoms. The molecular formula is C24H30Cl2N4O3S. The Morgan fingerprint density at radius 3 is 2.74 bits per heavy atom. The van der Waals surface area contributed by atoms with Crippen molar-refractivity contribution >= 4 is 50.7 Å². The largest absolute Gasteiger partial charge is 0.345 e. The summed E-state index contributed by atoms with van der Waals surface area (Å²) in [5, 5.41) is 1.52. The number of hydrogen-bond donors (Lipinski definition) is 1. The van der Waals surface area contributed by atoms with Crippen LogP contribution in [0.3, 0.4) is 0 Å². The number of carbonyl (C=O) groups is 1. The standard InChI is InChI=1S/C24H29ClN4O3S.ClH/c1-16-19-14-18(25)5-6-20(19)27-24(16)33(31,32)13-9-23(30)28-11-7-17(8-12-28)21-15-26-22-4-2-3-10-29(21)22;/h5-6,14-15,17,27H,2-4,7-13H2,1H3;1H. The van der Waals surface area contributed by atoms with E-state index in [1.807, 2.05) is 11.1 Å². The maximum atomic E-state index is 13.0. The number of aromatic nitrogens is 3. The van der Waals surface area contributed by atoms with E-state index in [4.69, 9.17) is 11.6 Å². The first-order chi connectivity index (χ1) is 15.8. The number of H-pyrrole nitrogens is 1. The second kappa shape index (κ2) is 9.91. The Balaban J connectivity index is 0.00000274. The average molecular weight is 526 g/mol. The number of imidazole rings is 1. The summed E-state index contributed by atoms with van der Waals surface area (Å²) in [5.74, 6) is 1.31. The Labute approximate surface area is 211 Å². The number of aryl methyl sites for hydroxylation is 2. The smallest absolute Gasteiger partial charge is 0.223 e. The molecule has 0 spiro atoms. The number of rotatable bonds is 5. The van der Waals surface area contributed by atoms with Crippen LogP contribution in [0.5, 0.6) is 0 Å². The molecule has 0 unspecified atom stereocenters. The van der Waals surface area contributed by atoms with E-state index in [2.05, 4.69) is 14.5 Å². The Bertz CT molecular complexity index is 1310. The molecule has 2 aromatic heterocycles. The molecule has 7 nitrogen and oxygen atoms in total. The predicted molar refractivity (Wildman–Crippen MR) is 136 cm³/mol. The van der Waals surface area contributed by atoms with Gasteiger partial charge in [-0.3, -0.25) is 4.79 Å². The van der Waals surface area contributed by atoms with Gasteiger partial charge in [0.2, 0.25) is 5.91 Å². The molecule has 0 bridgehead atoms. The van der Waals surface area contributed by atoms with Gasteiger partial charge in [0, 0.05) is 66.2 Å². The van der Waals surface area contributed by atoms with E-state index < -0.39 is 9.84 Å². The van der Waals surface area contributed by atoms with Gasteiger partial charge in [-0.25, -0.2) is 13.4 Å². The lowest BCUT2D eigenvalue weighted by Crippen LogP contribution is -2.39. The fraction of sp³-hybridized carbons (Fsp3) is 0.500. The summed E-state index contributed by atoms with van der Waals surface area (Å²) >= 11 is 6.06. The molecule has 1 N–H and O–H groups in total. The molecule has 2 aliphatic heterocycles. The molecule has 5 rings (SSSR count). The molecular weight excluding hydrogens is 495 g/mol. The van der Waals surface area contributed by atoms with Crippen molar-refractivity contribution in [1.29, 1.82) is 0 Å². The summed E-state index contributed by atoms with van der Waals surface area (Å²) in [4.78, 5) is 22.2. The molecule has 4 heterocycles. The molecule has 1 fully saturated rings. The van der Waals surface area contributed by atoms with Crippen LogP contribution in [-0.2, 0) is 27.6 Å². The lowest BCUT2D eigenvalue weighted by Gasteiger charge is -2.33. The van der Waals surface area contributed by atoms with Gasteiger partial charge in [-0.05, 0) is 56.4 Å². The third-order valence-electron chi connectivity index (χ3n) is 7.14. The maximum Gasteiger partial charge on any atom is 0.223 e. The first-order valence-corrected chi connectivity index (χ1v) is 13.7. The summed E-state index contributed by atoms with van der Waals surface area (Å²) in [6.45, 7) is 4.13. The molecule has 1 saturated heterocycles. The number of piperidine rings is 1. The van der Waals surface area contributed by atoms with Gasteiger partial charge in [0.15, 0.2) is 9.84 Å². The molecule has 34 heavy (non-hydrogen) atoms. The number of hydrogen-bond acceptors (Lipinski definition) is 4. The lowest BCUT2D eigenvalue weighted by molar-refractivity contribution is -0.131. The summed E-state index contributed by atoms with van der Waals surface area (Å²) in [6, 6.07) is 5.26. The highest BCUT2D eigenvalue weighted by Crippen LogP contribution is 2.31. The van der Waals surface area contributed by atoms with Gasteiger partial charge < -0.3 is 14.5 Å². The van der Waals surface area contributed by atoms with Crippen molar-refractivity contribution in [3.63, 3.8) is 0 Å². The van der Waals surface area contributed by atoms with E-state index in [9.17, 15) is 13.2 Å². The third-order valence-corrected chi connectivity index (χ3v) is 9.14. The van der Waals surface area contributed by atoms with Crippen LogP contribution < -0.4 is 0 Å². The summed E-state index contributed by atoms with van der Waals surface area (Å²) in [6.07, 6.45) is 7.25. The topological polar surface area (TPSA) is 88.1 Å². The van der Waals surface area contributed by atoms with E-state index in [1.54, 1.807) is 25.1 Å². The normalized spacial score (nSPS) is 16.9. The minimum atomic E-state index is -3.61. The summed E-state index contributed by atoms with van der Waals surface area (Å²) in [7, 11) is -3.61. The Morgan fingerprint density at radius 1 is 1.21 bits per heavy atom. The van der Waals surface area contributed by atoms with Crippen LogP contribution in [0.2, 0.25) is 5.02 Å². The fourth-order valence-corrected chi connectivity index (χ4v) is 6.92. The quantitative estimate of drug-likeness (QED) is 0.525. The Morgan fingerprint density at radius 2 is 1.97 bits per heavy atom. The highest BCUT2D eigenvalue weighted by Gasteiger charge is 2.29. The SMILES string of the molecule is Cc1c(S(=O)(=O)CCC(=O)N2CCC(c3cnc4n3CCCC4)CC2)[nH]c2ccc(Cl)cc12.Cl. The third kappa shape index (κ3) is 4.72. The van der Waals surface area contributed by atoms with Crippen LogP contribution in [0, 0.1) is 6.92 Å². The Hall–Kier alpha value is -2.03. The van der Waals surface area contributed by atoms with Crippen LogP contribution in [0.15, 0.2) is 29.4 Å². The fourth-order valence-electron chi connectivity index (χ4n) is 5.26. The average Bonchev–Trinajstić information content (AvgIpc) is 3.39. The number of nitrogens with one attached hydrogen (secondary N) is 1. The van der Waals surface area contributed by atoms with Crippen molar-refractivity contribution in [3.8, 4) is 0 Å². The zero-order chi connectivity index (χ0) is 23.2. The second-order valence-corrected chi connectivity index (χ2v) is 11.7. The zero-order valence-electron chi connectivity index (χ0n) is 19.2. The van der Waals surface area contributed by atoms with Crippen molar-refractivity contribution < 1.29 is 13.2 Å². The summed E-state index contributed by atoms with van der Waals surface area (Å²) in [5.41, 5.74) is 2.67. The van der Waals surface area contributed by atoms with Crippen molar-refractivity contribution in [1.82, 2.24) is 19.4 Å². The number of likely N-dealkylation sites (tertiary alicyclic amines) is 1. The molecule has 3 aromatic rings. The molecule has 0 radical (unpaired) electrons. The van der Waals surface area contributed by atoms with Crippen LogP contribution >= 0.6 is 24.0 Å². The number of nitrogens with zero attached hydrogens (tertiary/aromatic N) is 3. The van der Waals surface area contributed by atoms with Gasteiger partial charge >= 0.3 is 0 Å². The number of aromatic amines is 1. The van der Waals surface area contributed by atoms with Crippen LogP contribution in [0.1, 0.15) is 55.1 Å². The van der Waals surface area contributed by atoms with Crippen molar-refractivity contribution in [2.45, 2.75) is 62.9 Å². The molecule has 0 saturated carbocycles. The molecule has 2 aliphatic rings. The number of halogens is 2. The first kappa shape index (κ1) is 25.1. The zero-order valence-corrected chi connectivity index (χ0v) is 21.6. The highest BCUT2D eigenvalue weighted by atomic mass is 35.5. The monoisotopic (exact) mass is 524 g/mol. The van der Waals surface area contributed by atoms with E-state index in [0.29, 0.717) is 29.6 Å². The van der Waals surface area contributed by atoms with E-state index >= 15 is 0 Å². The van der Waals surface area contributed by atoms with Gasteiger partial charge in [-0.15, -0.1) is 12.4 Å². The van der Waals surface area contributed by atoms with Gasteiger partial charge in [-0.1, -0.05) is 11.6 Å². The van der Waals surface area contributed by atoms with E-state index in [1.165, 1.54) is 24.4 Å². The van der Waals surface area contributed by atoms with E-state index in [0.717, 1.165) is 36.7 Å². The number of amides is 1. The Kier molecular flexibility index (Phi) is 7.31. The van der Waals surface area contributed by atoms with Crippen molar-refractivity contribution in [3.05, 3.63) is 46.5 Å². The highest BCUT2D eigenvalue weighted by molar-refractivity contribution is 7.91. The molecule has 184 valence electrons. The number of fused-ring (bicyclic) bond motifs is 2. The maximum absolute atomic E-state index is 13.0. The van der Waals surface area contributed by atoms with E-state index in [-0.39, 0.29) is 35.5 Å². The van der Waals surface area contributed by atoms with Crippen molar-refractivity contribution in [2.24, 2.45) is 0 Å². The van der Waals surface area contributed by atoms with Crippen LogP contribution in [-0.4, -0.2) is 52.6 Å². The van der Waals surface area contributed by atoms with Crippen LogP contribution in [0.25, 0.3) is 10.9 Å². The molecule has 1 amide bonds. The number of sulfone groups is 1. The molecule has 0 atom stereocenters. The van der Waals surface area contributed by atoms with Gasteiger partial charge in [0.05, 0.1) is 5.75 Å². The number of carbonyl (C=O) groups excluding carboxylic acids is 1. The predicted octanol–water partition coefficient (Wildman–Crippen LogP) is 4.65. The molecule has 0 aliphatic carbocycles. The molecule has 1 aromatic carbocycles. The summed E-state index contributed by atoms with van der Waals surface area (Å²) < 4.78 is 28.4. The lowest BCUT2D eigenvalue weighted by atomic mass is 9.93. The van der Waals surface area contributed by atoms with Crippen molar-refractivity contribution in [2.75, 3.05) is 18.8 Å². The first-order valence-electron chi connectivity index (χ1n) is 11.7. The van der Waals surface area contributed by atoms with Gasteiger partial charge in [0.1, 0.15) is 10.9 Å². The number of benzene rings is 1. The minimum absolute atomic E-state index is 0. The van der Waals surface area contributed by atoms with Gasteiger partial charge in [-0.2, -0.15) is 0 Å². The van der Waals surface area contributed by atoms with Gasteiger partial charge in [0.25, 0.3) is 0 Å².